The molecule has 1 atom stereocenters. The molecule has 0 spiro atoms. The second kappa shape index (κ2) is 16.1. The van der Waals surface area contributed by atoms with Crippen molar-refractivity contribution in [2.75, 3.05) is 32.0 Å². The molecule has 238 valence electrons. The van der Waals surface area contributed by atoms with E-state index in [-0.39, 0.29) is 11.6 Å². The van der Waals surface area contributed by atoms with Crippen LogP contribution in [0.15, 0.2) is 95.5 Å². The molecule has 0 heterocycles. The number of hydrogen-bond acceptors (Lipinski definition) is 7. The van der Waals surface area contributed by atoms with Crippen LogP contribution in [0.1, 0.15) is 22.8 Å². The molecule has 0 saturated heterocycles. The van der Waals surface area contributed by atoms with Crippen molar-refractivity contribution in [2.24, 2.45) is 0 Å². The quantitative estimate of drug-likeness (QED) is 0.105. The van der Waals surface area contributed by atoms with Crippen molar-refractivity contribution in [3.63, 3.8) is 0 Å². The Hall–Kier alpha value is -4.64. The number of methoxy groups -OCH3 is 3. The first-order valence-electron chi connectivity index (χ1n) is 13.8. The average Bonchev–Trinajstić information content (AvgIpc) is 3.06. The van der Waals surface area contributed by atoms with Crippen LogP contribution in [-0.2, 0) is 9.59 Å². The van der Waals surface area contributed by atoms with Gasteiger partial charge in [0.1, 0.15) is 5.70 Å². The molecule has 1 unspecified atom stereocenters. The number of hydrogen-bond donors (Lipinski definition) is 3. The summed E-state index contributed by atoms with van der Waals surface area (Å²) in [4.78, 5) is 40.1. The fourth-order valence-electron chi connectivity index (χ4n) is 4.19. The van der Waals surface area contributed by atoms with Crippen molar-refractivity contribution >= 4 is 70.1 Å². The monoisotopic (exact) mass is 679 g/mol. The molecule has 0 bridgehead atoms. The average molecular weight is 681 g/mol. The van der Waals surface area contributed by atoms with Crippen LogP contribution >= 0.6 is 35.0 Å². The van der Waals surface area contributed by atoms with E-state index in [2.05, 4.69) is 16.0 Å². The van der Waals surface area contributed by atoms with Gasteiger partial charge in [0.2, 0.25) is 11.7 Å². The van der Waals surface area contributed by atoms with Gasteiger partial charge in [0.05, 0.1) is 37.3 Å². The van der Waals surface area contributed by atoms with Gasteiger partial charge in [0, 0.05) is 21.2 Å². The van der Waals surface area contributed by atoms with Gasteiger partial charge in [0.25, 0.3) is 11.8 Å². The topological polar surface area (TPSA) is 115 Å². The van der Waals surface area contributed by atoms with Gasteiger partial charge in [-0.1, -0.05) is 41.4 Å². The molecule has 4 aromatic rings. The number of benzene rings is 4. The second-order valence-corrected chi connectivity index (χ2v) is 11.9. The summed E-state index contributed by atoms with van der Waals surface area (Å²) in [6.45, 7) is 1.77. The molecule has 0 fully saturated rings. The van der Waals surface area contributed by atoms with Crippen molar-refractivity contribution in [2.45, 2.75) is 17.1 Å². The number of nitrogens with one attached hydrogen (secondary N) is 3. The fraction of sp³-hybridized carbons (Fsp3) is 0.147. The minimum atomic E-state index is -0.565. The largest absolute Gasteiger partial charge is 0.493 e. The molecule has 3 N–H and O–H groups in total. The van der Waals surface area contributed by atoms with Crippen molar-refractivity contribution < 1.29 is 28.6 Å². The number of carbonyl (C=O) groups excluding carboxylic acids is 3. The number of rotatable bonds is 12. The lowest BCUT2D eigenvalue weighted by Crippen LogP contribution is -2.30. The minimum Gasteiger partial charge on any atom is -0.493 e. The number of halogens is 2. The van der Waals surface area contributed by atoms with Crippen LogP contribution in [0.25, 0.3) is 6.08 Å². The van der Waals surface area contributed by atoms with Crippen LogP contribution < -0.4 is 30.2 Å². The molecule has 3 amide bonds. The maximum atomic E-state index is 13.5. The normalized spacial score (nSPS) is 11.7. The Bertz CT molecular complexity index is 1730. The lowest BCUT2D eigenvalue weighted by molar-refractivity contribution is -0.115. The number of ether oxygens (including phenoxy) is 3. The third-order valence-electron chi connectivity index (χ3n) is 6.51. The SMILES string of the molecule is COc1cc(/C=C(\NC(=O)c2ccccc2)C(=O)Nc2ccc(SC(C)C(=O)Nc3cc(Cl)ccc3Cl)cc2)cc(OC)c1OC. The molecular weight excluding hydrogens is 649 g/mol. The van der Waals surface area contributed by atoms with E-state index in [1.807, 2.05) is 0 Å². The molecule has 46 heavy (non-hydrogen) atoms. The number of carbonyl (C=O) groups is 3. The van der Waals surface area contributed by atoms with Crippen LogP contribution in [0, 0.1) is 0 Å². The highest BCUT2D eigenvalue weighted by Gasteiger charge is 2.19. The van der Waals surface area contributed by atoms with Crippen LogP contribution in [0.2, 0.25) is 10.0 Å². The zero-order chi connectivity index (χ0) is 33.2. The summed E-state index contributed by atoms with van der Waals surface area (Å²) in [5, 5.41) is 8.71. The van der Waals surface area contributed by atoms with Gasteiger partial charge in [0.15, 0.2) is 11.5 Å². The van der Waals surface area contributed by atoms with Crippen molar-refractivity contribution in [3.8, 4) is 17.2 Å². The van der Waals surface area contributed by atoms with Crippen LogP contribution in [0.5, 0.6) is 17.2 Å². The van der Waals surface area contributed by atoms with E-state index in [1.165, 1.54) is 39.2 Å². The van der Waals surface area contributed by atoms with Gasteiger partial charge < -0.3 is 30.2 Å². The molecule has 0 aliphatic carbocycles. The van der Waals surface area contributed by atoms with Crippen LogP contribution in [0.3, 0.4) is 0 Å². The van der Waals surface area contributed by atoms with E-state index >= 15 is 0 Å². The summed E-state index contributed by atoms with van der Waals surface area (Å²) in [5.41, 5.74) is 1.78. The van der Waals surface area contributed by atoms with Crippen LogP contribution in [-0.4, -0.2) is 44.3 Å². The zero-order valence-electron chi connectivity index (χ0n) is 25.4. The lowest BCUT2D eigenvalue weighted by atomic mass is 10.1. The number of thioether (sulfide) groups is 1. The summed E-state index contributed by atoms with van der Waals surface area (Å²) < 4.78 is 16.3. The third kappa shape index (κ3) is 8.97. The van der Waals surface area contributed by atoms with Gasteiger partial charge in [-0.05, 0) is 85.3 Å². The third-order valence-corrected chi connectivity index (χ3v) is 8.18. The molecule has 4 aromatic carbocycles. The molecule has 0 aliphatic rings. The molecule has 9 nitrogen and oxygen atoms in total. The highest BCUT2D eigenvalue weighted by atomic mass is 35.5. The maximum Gasteiger partial charge on any atom is 0.272 e. The second-order valence-electron chi connectivity index (χ2n) is 9.69. The van der Waals surface area contributed by atoms with Gasteiger partial charge in [-0.2, -0.15) is 0 Å². The molecule has 0 radical (unpaired) electrons. The van der Waals surface area contributed by atoms with Crippen molar-refractivity contribution in [3.05, 3.63) is 112 Å². The predicted octanol–water partition coefficient (Wildman–Crippen LogP) is 7.55. The van der Waals surface area contributed by atoms with Gasteiger partial charge in [-0.15, -0.1) is 11.8 Å². The first kappa shape index (κ1) is 34.2. The van der Waals surface area contributed by atoms with Crippen molar-refractivity contribution in [1.82, 2.24) is 5.32 Å². The number of amides is 3. The summed E-state index contributed by atoms with van der Waals surface area (Å²) in [7, 11) is 4.46. The molecule has 0 aliphatic heterocycles. The molecule has 12 heteroatoms. The Morgan fingerprint density at radius 3 is 2.07 bits per heavy atom. The Balaban J connectivity index is 1.52. The number of anilines is 2. The standard InChI is InChI=1S/C34H31Cl2N3O6S/c1-20(32(40)38-27-19-23(35)10-15-26(27)36)46-25-13-11-24(12-14-25)37-34(42)28(39-33(41)22-8-6-5-7-9-22)16-21-17-29(43-2)31(45-4)30(18-21)44-3/h5-20H,1-4H3,(H,37,42)(H,38,40)(H,39,41)/b28-16-. The summed E-state index contributed by atoms with van der Waals surface area (Å²) in [6.07, 6.45) is 1.51. The van der Waals surface area contributed by atoms with E-state index in [0.29, 0.717) is 49.8 Å². The Morgan fingerprint density at radius 1 is 0.804 bits per heavy atom. The van der Waals surface area contributed by atoms with E-state index in [1.54, 1.807) is 91.9 Å². The highest BCUT2D eigenvalue weighted by molar-refractivity contribution is 8.00. The molecule has 0 aromatic heterocycles. The molecule has 0 saturated carbocycles. The highest BCUT2D eigenvalue weighted by Crippen LogP contribution is 2.38. The Kier molecular flexibility index (Phi) is 12.0. The first-order chi connectivity index (χ1) is 22.1. The van der Waals surface area contributed by atoms with E-state index < -0.39 is 17.1 Å². The van der Waals surface area contributed by atoms with E-state index in [4.69, 9.17) is 37.4 Å². The predicted molar refractivity (Wildman–Crippen MR) is 183 cm³/mol. The van der Waals surface area contributed by atoms with Crippen molar-refractivity contribution in [1.29, 1.82) is 0 Å². The van der Waals surface area contributed by atoms with Crippen LogP contribution in [0.4, 0.5) is 11.4 Å². The fourth-order valence-corrected chi connectivity index (χ4v) is 5.40. The molecule has 4 rings (SSSR count). The van der Waals surface area contributed by atoms with E-state index in [0.717, 1.165) is 4.90 Å². The zero-order valence-corrected chi connectivity index (χ0v) is 27.7. The molecular formula is C34H31Cl2N3O6S. The van der Waals surface area contributed by atoms with Gasteiger partial charge >= 0.3 is 0 Å². The summed E-state index contributed by atoms with van der Waals surface area (Å²) >= 11 is 13.5. The Morgan fingerprint density at radius 2 is 1.46 bits per heavy atom. The first-order valence-corrected chi connectivity index (χ1v) is 15.5. The minimum absolute atomic E-state index is 0.0217. The van der Waals surface area contributed by atoms with Gasteiger partial charge in [-0.3, -0.25) is 14.4 Å². The van der Waals surface area contributed by atoms with Gasteiger partial charge in [-0.25, -0.2) is 0 Å². The van der Waals surface area contributed by atoms with E-state index in [9.17, 15) is 14.4 Å². The summed E-state index contributed by atoms with van der Waals surface area (Å²) in [5.74, 6) is -0.123. The maximum absolute atomic E-state index is 13.5. The lowest BCUT2D eigenvalue weighted by Gasteiger charge is -2.15. The summed E-state index contributed by atoms with van der Waals surface area (Å²) in [6, 6.07) is 23.7. The smallest absolute Gasteiger partial charge is 0.272 e. The Labute approximate surface area is 281 Å².